The fraction of sp³-hybridized carbons (Fsp3) is 0.290. The van der Waals surface area contributed by atoms with E-state index in [2.05, 4.69) is 73.9 Å². The summed E-state index contributed by atoms with van der Waals surface area (Å²) in [5.41, 5.74) is 3.32. The van der Waals surface area contributed by atoms with Gasteiger partial charge in [0.1, 0.15) is 0 Å². The average Bonchev–Trinajstić information content (AvgIpc) is 3.47. The Kier molecular flexibility index (Phi) is 8.88. The third-order valence-corrected chi connectivity index (χ3v) is 7.16. The molecule has 2 atom stereocenters. The molecule has 1 aromatic heterocycles. The lowest BCUT2D eigenvalue weighted by Gasteiger charge is -2.38. The molecular weight excluding hydrogens is 488 g/mol. The number of tetrazole rings is 1. The van der Waals surface area contributed by atoms with E-state index < -0.39 is 6.04 Å². The van der Waals surface area contributed by atoms with Crippen molar-refractivity contribution in [2.24, 2.45) is 0 Å². The van der Waals surface area contributed by atoms with Crippen LogP contribution in [0.3, 0.4) is 0 Å². The first-order chi connectivity index (χ1) is 19.2. The number of ether oxygens (including phenoxy) is 1. The zero-order valence-corrected chi connectivity index (χ0v) is 22.2. The molecule has 0 radical (unpaired) electrons. The molecule has 1 aliphatic rings. The summed E-state index contributed by atoms with van der Waals surface area (Å²) in [6.45, 7) is 4.46. The Morgan fingerprint density at radius 3 is 2.21 bits per heavy atom. The molecule has 1 fully saturated rings. The van der Waals surface area contributed by atoms with Gasteiger partial charge in [-0.3, -0.25) is 9.80 Å². The van der Waals surface area contributed by atoms with Crippen LogP contribution in [0.25, 0.3) is 6.08 Å². The highest BCUT2D eigenvalue weighted by Gasteiger charge is 2.34. The molecule has 0 spiro atoms. The van der Waals surface area contributed by atoms with E-state index in [0.29, 0.717) is 12.2 Å². The fourth-order valence-electron chi connectivity index (χ4n) is 5.11. The first-order valence-electron chi connectivity index (χ1n) is 13.4. The van der Waals surface area contributed by atoms with Gasteiger partial charge in [0, 0.05) is 39.1 Å². The van der Waals surface area contributed by atoms with Crippen LogP contribution < -0.4 is 0 Å². The molecule has 0 saturated carbocycles. The van der Waals surface area contributed by atoms with Crippen LogP contribution in [0, 0.1) is 0 Å². The molecule has 4 aromatic rings. The number of nitrogens with zero attached hydrogens (tertiary/aromatic N) is 6. The SMILES string of the molecule is COC(=O)C(Cc1ccccc1)n1nnnc1[C@@H](c1ccccc1)N1CCN(C/C=C/c2ccccc2)CC1. The normalized spacial score (nSPS) is 16.2. The minimum Gasteiger partial charge on any atom is -0.467 e. The summed E-state index contributed by atoms with van der Waals surface area (Å²) in [6, 6.07) is 29.7. The van der Waals surface area contributed by atoms with Crippen molar-refractivity contribution < 1.29 is 9.53 Å². The van der Waals surface area contributed by atoms with Crippen LogP contribution in [0.2, 0.25) is 0 Å². The van der Waals surface area contributed by atoms with Gasteiger partial charge in [0.2, 0.25) is 0 Å². The van der Waals surface area contributed by atoms with E-state index in [0.717, 1.165) is 43.9 Å². The third-order valence-electron chi connectivity index (χ3n) is 7.16. The largest absolute Gasteiger partial charge is 0.467 e. The summed E-state index contributed by atoms with van der Waals surface area (Å²) in [5, 5.41) is 12.8. The number of benzene rings is 3. The molecular formula is C31H34N6O2. The Morgan fingerprint density at radius 1 is 0.897 bits per heavy atom. The zero-order valence-electron chi connectivity index (χ0n) is 22.2. The number of hydrogen-bond donors (Lipinski definition) is 0. The van der Waals surface area contributed by atoms with Gasteiger partial charge in [-0.05, 0) is 27.1 Å². The highest BCUT2D eigenvalue weighted by molar-refractivity contribution is 5.74. The van der Waals surface area contributed by atoms with E-state index >= 15 is 0 Å². The number of carbonyl (C=O) groups excluding carboxylic acids is 1. The topological polar surface area (TPSA) is 76.4 Å². The Morgan fingerprint density at radius 2 is 1.54 bits per heavy atom. The molecule has 0 amide bonds. The van der Waals surface area contributed by atoms with Crippen LogP contribution in [0.15, 0.2) is 97.1 Å². The molecule has 3 aromatic carbocycles. The van der Waals surface area contributed by atoms with Crippen molar-refractivity contribution in [2.45, 2.75) is 18.5 Å². The summed E-state index contributed by atoms with van der Waals surface area (Å²) < 4.78 is 6.85. The first kappa shape index (κ1) is 26.5. The van der Waals surface area contributed by atoms with Crippen LogP contribution in [-0.4, -0.2) is 75.8 Å². The molecule has 200 valence electrons. The second kappa shape index (κ2) is 13.1. The number of methoxy groups -OCH3 is 1. The molecule has 5 rings (SSSR count). The van der Waals surface area contributed by atoms with E-state index in [4.69, 9.17) is 4.74 Å². The Hall–Kier alpha value is -4.14. The predicted molar refractivity (Wildman–Crippen MR) is 151 cm³/mol. The third kappa shape index (κ3) is 6.66. The standard InChI is InChI=1S/C31H34N6O2/c1-39-31(38)28(24-26-14-7-3-8-15-26)37-30(32-33-34-37)29(27-17-9-4-10-18-27)36-22-20-35(21-23-36)19-11-16-25-12-5-2-6-13-25/h2-18,28-29H,19-24H2,1H3/b16-11+/t28?,29-/m1/s1. The van der Waals surface area contributed by atoms with Gasteiger partial charge in [-0.1, -0.05) is 103 Å². The number of hydrogen-bond acceptors (Lipinski definition) is 7. The number of carbonyl (C=O) groups is 1. The molecule has 1 saturated heterocycles. The van der Waals surface area contributed by atoms with Crippen molar-refractivity contribution in [1.29, 1.82) is 0 Å². The molecule has 0 bridgehead atoms. The summed E-state index contributed by atoms with van der Waals surface area (Å²) in [4.78, 5) is 17.8. The van der Waals surface area contributed by atoms with Crippen molar-refractivity contribution >= 4 is 12.0 Å². The molecule has 2 heterocycles. The van der Waals surface area contributed by atoms with Gasteiger partial charge in [-0.15, -0.1) is 5.10 Å². The lowest BCUT2D eigenvalue weighted by atomic mass is 10.0. The maximum atomic E-state index is 13.0. The molecule has 1 aliphatic heterocycles. The van der Waals surface area contributed by atoms with Crippen LogP contribution >= 0.6 is 0 Å². The van der Waals surface area contributed by atoms with E-state index in [1.165, 1.54) is 12.7 Å². The molecule has 1 unspecified atom stereocenters. The van der Waals surface area contributed by atoms with E-state index in [1.807, 2.05) is 54.6 Å². The monoisotopic (exact) mass is 522 g/mol. The van der Waals surface area contributed by atoms with Gasteiger partial charge in [0.25, 0.3) is 0 Å². The Labute approximate surface area is 229 Å². The molecule has 39 heavy (non-hydrogen) atoms. The number of aromatic nitrogens is 4. The van der Waals surface area contributed by atoms with Crippen molar-refractivity contribution in [1.82, 2.24) is 30.0 Å². The highest BCUT2D eigenvalue weighted by atomic mass is 16.5. The summed E-state index contributed by atoms with van der Waals surface area (Å²) in [7, 11) is 1.41. The van der Waals surface area contributed by atoms with E-state index in [9.17, 15) is 4.79 Å². The maximum Gasteiger partial charge on any atom is 0.331 e. The fourth-order valence-corrected chi connectivity index (χ4v) is 5.11. The number of rotatable bonds is 10. The second-order valence-electron chi connectivity index (χ2n) is 9.67. The molecule has 0 aliphatic carbocycles. The van der Waals surface area contributed by atoms with Gasteiger partial charge >= 0.3 is 5.97 Å². The minimum absolute atomic E-state index is 0.189. The van der Waals surface area contributed by atoms with Crippen molar-refractivity contribution in [2.75, 3.05) is 39.8 Å². The quantitative estimate of drug-likeness (QED) is 0.291. The summed E-state index contributed by atoms with van der Waals surface area (Å²) in [5.74, 6) is 0.277. The lowest BCUT2D eigenvalue weighted by Crippen LogP contribution is -2.48. The van der Waals surface area contributed by atoms with Gasteiger partial charge in [0.15, 0.2) is 11.9 Å². The van der Waals surface area contributed by atoms with Gasteiger partial charge in [0.05, 0.1) is 13.2 Å². The van der Waals surface area contributed by atoms with Crippen LogP contribution in [0.1, 0.15) is 34.6 Å². The van der Waals surface area contributed by atoms with E-state index in [1.54, 1.807) is 4.68 Å². The van der Waals surface area contributed by atoms with Crippen LogP contribution in [0.4, 0.5) is 0 Å². The molecule has 8 nitrogen and oxygen atoms in total. The van der Waals surface area contributed by atoms with Crippen LogP contribution in [-0.2, 0) is 16.0 Å². The lowest BCUT2D eigenvalue weighted by molar-refractivity contribution is -0.145. The van der Waals surface area contributed by atoms with Gasteiger partial charge in [-0.25, -0.2) is 9.48 Å². The smallest absolute Gasteiger partial charge is 0.331 e. The maximum absolute atomic E-state index is 13.0. The second-order valence-corrected chi connectivity index (χ2v) is 9.67. The first-order valence-corrected chi connectivity index (χ1v) is 13.4. The number of esters is 1. The minimum atomic E-state index is -0.668. The average molecular weight is 523 g/mol. The summed E-state index contributed by atoms with van der Waals surface area (Å²) >= 11 is 0. The van der Waals surface area contributed by atoms with Crippen molar-refractivity contribution in [3.8, 4) is 0 Å². The number of piperazine rings is 1. The molecule has 0 N–H and O–H groups in total. The van der Waals surface area contributed by atoms with Crippen LogP contribution in [0.5, 0.6) is 0 Å². The highest BCUT2D eigenvalue weighted by Crippen LogP contribution is 2.30. The molecule has 8 heteroatoms. The van der Waals surface area contributed by atoms with E-state index in [-0.39, 0.29) is 12.0 Å². The Bertz CT molecular complexity index is 1340. The van der Waals surface area contributed by atoms with Gasteiger partial charge in [-0.2, -0.15) is 0 Å². The predicted octanol–water partition coefficient (Wildman–Crippen LogP) is 4.05. The van der Waals surface area contributed by atoms with Crippen molar-refractivity contribution in [3.05, 3.63) is 120 Å². The Balaban J connectivity index is 1.36. The van der Waals surface area contributed by atoms with Crippen molar-refractivity contribution in [3.63, 3.8) is 0 Å². The summed E-state index contributed by atoms with van der Waals surface area (Å²) in [6.07, 6.45) is 4.84. The zero-order chi connectivity index (χ0) is 26.9. The van der Waals surface area contributed by atoms with Gasteiger partial charge < -0.3 is 4.74 Å².